The molecule has 0 aliphatic heterocycles. The van der Waals surface area contributed by atoms with Gasteiger partial charge in [-0.25, -0.2) is 0 Å². The van der Waals surface area contributed by atoms with Crippen molar-refractivity contribution in [2.45, 2.75) is 19.9 Å². The summed E-state index contributed by atoms with van der Waals surface area (Å²) in [5.74, 6) is 0. The lowest BCUT2D eigenvalue weighted by Crippen LogP contribution is -2.29. The number of likely N-dealkylation sites (N-methyl/N-ethyl adjacent to an activating group) is 1. The van der Waals surface area contributed by atoms with Crippen molar-refractivity contribution in [2.24, 2.45) is 0 Å². The van der Waals surface area contributed by atoms with Crippen molar-refractivity contribution in [3.8, 4) is 0 Å². The monoisotopic (exact) mass is 241 g/mol. The third-order valence-electron chi connectivity index (χ3n) is 2.39. The van der Waals surface area contributed by atoms with E-state index in [-0.39, 0.29) is 0 Å². The molecule has 0 saturated heterocycles. The third kappa shape index (κ3) is 4.92. The molecule has 0 radical (unpaired) electrons. The van der Waals surface area contributed by atoms with E-state index in [1.165, 1.54) is 6.42 Å². The van der Waals surface area contributed by atoms with E-state index < -0.39 is 0 Å². The molecule has 0 atom stereocenters. The summed E-state index contributed by atoms with van der Waals surface area (Å²) < 4.78 is 0. The van der Waals surface area contributed by atoms with Crippen LogP contribution in [-0.2, 0) is 6.54 Å². The topological polar surface area (TPSA) is 28.2 Å². The van der Waals surface area contributed by atoms with Crippen LogP contribution in [0.25, 0.3) is 0 Å². The average Bonchev–Trinajstić information content (AvgIpc) is 2.28. The first kappa shape index (κ1) is 13.4. The smallest absolute Gasteiger partial charge is 0.0634 e. The largest absolute Gasteiger partial charge is 0.315 e. The number of halogens is 1. The minimum atomic E-state index is 0.746. The molecule has 4 heteroatoms. The van der Waals surface area contributed by atoms with Crippen LogP contribution < -0.4 is 5.32 Å². The van der Waals surface area contributed by atoms with Gasteiger partial charge in [0.2, 0.25) is 0 Å². The highest BCUT2D eigenvalue weighted by atomic mass is 35.5. The standard InChI is InChI=1S/C12H20ClN3/c1-3-5-14-7-8-16(2)10-11-4-6-15-9-12(11)13/h4,6,9,14H,3,5,7-8,10H2,1-2H3. The average molecular weight is 242 g/mol. The van der Waals surface area contributed by atoms with Crippen molar-refractivity contribution >= 4 is 11.6 Å². The lowest BCUT2D eigenvalue weighted by Gasteiger charge is -2.17. The fourth-order valence-electron chi connectivity index (χ4n) is 1.47. The Labute approximate surface area is 103 Å². The Morgan fingerprint density at radius 1 is 1.44 bits per heavy atom. The summed E-state index contributed by atoms with van der Waals surface area (Å²) in [6, 6.07) is 1.97. The van der Waals surface area contributed by atoms with Crippen molar-refractivity contribution in [3.05, 3.63) is 29.0 Å². The zero-order chi connectivity index (χ0) is 11.8. The minimum Gasteiger partial charge on any atom is -0.315 e. The molecule has 0 saturated carbocycles. The molecule has 1 N–H and O–H groups in total. The van der Waals surface area contributed by atoms with Crippen LogP contribution in [0.2, 0.25) is 5.02 Å². The van der Waals surface area contributed by atoms with Crippen molar-refractivity contribution in [3.63, 3.8) is 0 Å². The molecule has 0 bridgehead atoms. The first-order valence-corrected chi connectivity index (χ1v) is 6.09. The van der Waals surface area contributed by atoms with Crippen LogP contribution in [0.5, 0.6) is 0 Å². The van der Waals surface area contributed by atoms with Crippen LogP contribution in [0.1, 0.15) is 18.9 Å². The van der Waals surface area contributed by atoms with Crippen molar-refractivity contribution in [2.75, 3.05) is 26.7 Å². The Balaban J connectivity index is 2.28. The number of hydrogen-bond donors (Lipinski definition) is 1. The van der Waals surface area contributed by atoms with Gasteiger partial charge in [0, 0.05) is 32.0 Å². The number of hydrogen-bond acceptors (Lipinski definition) is 3. The van der Waals surface area contributed by atoms with Gasteiger partial charge in [0.15, 0.2) is 0 Å². The van der Waals surface area contributed by atoms with E-state index in [2.05, 4.69) is 29.2 Å². The normalized spacial score (nSPS) is 11.0. The van der Waals surface area contributed by atoms with Gasteiger partial charge in [-0.15, -0.1) is 0 Å². The van der Waals surface area contributed by atoms with Crippen LogP contribution in [-0.4, -0.2) is 36.6 Å². The number of rotatable bonds is 7. The van der Waals surface area contributed by atoms with Crippen LogP contribution >= 0.6 is 11.6 Å². The Morgan fingerprint density at radius 2 is 2.25 bits per heavy atom. The van der Waals surface area contributed by atoms with E-state index in [9.17, 15) is 0 Å². The first-order valence-electron chi connectivity index (χ1n) is 5.71. The quantitative estimate of drug-likeness (QED) is 0.742. The molecule has 1 heterocycles. The van der Waals surface area contributed by atoms with E-state index in [1.54, 1.807) is 12.4 Å². The van der Waals surface area contributed by atoms with Gasteiger partial charge in [0.25, 0.3) is 0 Å². The lowest BCUT2D eigenvalue weighted by molar-refractivity contribution is 0.324. The fraction of sp³-hybridized carbons (Fsp3) is 0.583. The molecule has 0 aliphatic rings. The van der Waals surface area contributed by atoms with E-state index in [0.717, 1.165) is 36.8 Å². The van der Waals surface area contributed by atoms with Crippen LogP contribution in [0, 0.1) is 0 Å². The molecule has 1 aromatic heterocycles. The molecular weight excluding hydrogens is 222 g/mol. The molecular formula is C12H20ClN3. The summed E-state index contributed by atoms with van der Waals surface area (Å²) in [4.78, 5) is 6.23. The van der Waals surface area contributed by atoms with Gasteiger partial charge in [-0.3, -0.25) is 4.98 Å². The molecule has 0 fully saturated rings. The third-order valence-corrected chi connectivity index (χ3v) is 2.73. The highest BCUT2D eigenvalue weighted by Crippen LogP contribution is 2.14. The number of nitrogens with one attached hydrogen (secondary N) is 1. The second-order valence-electron chi connectivity index (χ2n) is 3.95. The van der Waals surface area contributed by atoms with Crippen LogP contribution in [0.3, 0.4) is 0 Å². The number of pyridine rings is 1. The summed E-state index contributed by atoms with van der Waals surface area (Å²) in [5.41, 5.74) is 1.13. The highest BCUT2D eigenvalue weighted by molar-refractivity contribution is 6.31. The van der Waals surface area contributed by atoms with E-state index in [0.29, 0.717) is 0 Å². The molecule has 0 amide bonds. The van der Waals surface area contributed by atoms with Crippen LogP contribution in [0.15, 0.2) is 18.5 Å². The second-order valence-corrected chi connectivity index (χ2v) is 4.36. The molecule has 0 aromatic carbocycles. The molecule has 90 valence electrons. The van der Waals surface area contributed by atoms with Gasteiger partial charge in [-0.1, -0.05) is 18.5 Å². The van der Waals surface area contributed by atoms with Crippen LogP contribution in [0.4, 0.5) is 0 Å². The Hall–Kier alpha value is -0.640. The SMILES string of the molecule is CCCNCCN(C)Cc1ccncc1Cl. The summed E-state index contributed by atoms with van der Waals surface area (Å²) in [6.07, 6.45) is 4.66. The maximum Gasteiger partial charge on any atom is 0.0634 e. The van der Waals surface area contributed by atoms with E-state index in [4.69, 9.17) is 11.6 Å². The predicted octanol–water partition coefficient (Wildman–Crippen LogP) is 2.17. The maximum atomic E-state index is 6.05. The van der Waals surface area contributed by atoms with Crippen molar-refractivity contribution in [1.82, 2.24) is 15.2 Å². The molecule has 3 nitrogen and oxygen atoms in total. The second kappa shape index (κ2) is 7.60. The molecule has 1 rings (SSSR count). The Bertz CT molecular complexity index is 304. The summed E-state index contributed by atoms with van der Waals surface area (Å²) in [5, 5.41) is 4.13. The van der Waals surface area contributed by atoms with Gasteiger partial charge in [0.1, 0.15) is 0 Å². The molecule has 0 unspecified atom stereocenters. The van der Waals surface area contributed by atoms with Gasteiger partial charge in [0.05, 0.1) is 5.02 Å². The van der Waals surface area contributed by atoms with Gasteiger partial charge in [-0.05, 0) is 31.6 Å². The van der Waals surface area contributed by atoms with Gasteiger partial charge in [-0.2, -0.15) is 0 Å². The minimum absolute atomic E-state index is 0.746. The number of aromatic nitrogens is 1. The molecule has 0 aliphatic carbocycles. The summed E-state index contributed by atoms with van der Waals surface area (Å²) in [7, 11) is 2.10. The lowest BCUT2D eigenvalue weighted by atomic mass is 10.2. The zero-order valence-electron chi connectivity index (χ0n) is 10.0. The summed E-state index contributed by atoms with van der Waals surface area (Å²) >= 11 is 6.05. The van der Waals surface area contributed by atoms with E-state index in [1.807, 2.05) is 6.07 Å². The first-order chi connectivity index (χ1) is 7.74. The maximum absolute atomic E-state index is 6.05. The van der Waals surface area contributed by atoms with Gasteiger partial charge < -0.3 is 10.2 Å². The molecule has 1 aromatic rings. The Kier molecular flexibility index (Phi) is 6.38. The van der Waals surface area contributed by atoms with Crippen molar-refractivity contribution in [1.29, 1.82) is 0 Å². The van der Waals surface area contributed by atoms with Crippen molar-refractivity contribution < 1.29 is 0 Å². The van der Waals surface area contributed by atoms with E-state index >= 15 is 0 Å². The molecule has 16 heavy (non-hydrogen) atoms. The fourth-order valence-corrected chi connectivity index (χ4v) is 1.65. The highest BCUT2D eigenvalue weighted by Gasteiger charge is 2.03. The predicted molar refractivity (Wildman–Crippen MR) is 68.7 cm³/mol. The molecule has 0 spiro atoms. The zero-order valence-corrected chi connectivity index (χ0v) is 10.8. The van der Waals surface area contributed by atoms with Gasteiger partial charge >= 0.3 is 0 Å². The summed E-state index contributed by atoms with van der Waals surface area (Å²) in [6.45, 7) is 6.18. The number of nitrogens with zero attached hydrogens (tertiary/aromatic N) is 2. The Morgan fingerprint density at radius 3 is 2.94 bits per heavy atom.